The van der Waals surface area contributed by atoms with E-state index in [2.05, 4.69) is 13.8 Å². The molecule has 0 amide bonds. The summed E-state index contributed by atoms with van der Waals surface area (Å²) in [5.41, 5.74) is 0.898. The fourth-order valence-corrected chi connectivity index (χ4v) is 3.50. The summed E-state index contributed by atoms with van der Waals surface area (Å²) in [4.78, 5) is 12.3. The molecule has 1 heterocycles. The first-order chi connectivity index (χ1) is 6.98. The third-order valence-electron chi connectivity index (χ3n) is 3.02. The monoisotopic (exact) mass is 224 g/mol. The maximum absolute atomic E-state index is 10.9. The molecule has 0 aromatic heterocycles. The second-order valence-electron chi connectivity index (χ2n) is 5.12. The first-order valence-electron chi connectivity index (χ1n) is 5.25. The molecule has 0 saturated carbocycles. The van der Waals surface area contributed by atoms with Crippen molar-refractivity contribution < 1.29 is 9.90 Å². The maximum Gasteiger partial charge on any atom is 0.331 e. The van der Waals surface area contributed by atoms with Crippen molar-refractivity contribution >= 4 is 17.7 Å². The Morgan fingerprint density at radius 1 is 1.53 bits per heavy atom. The van der Waals surface area contributed by atoms with Gasteiger partial charge in [-0.15, -0.1) is 11.8 Å². The maximum atomic E-state index is 10.9. The van der Waals surface area contributed by atoms with Crippen molar-refractivity contribution in [3.63, 3.8) is 0 Å². The number of allylic oxidation sites excluding steroid dienone is 3. The Morgan fingerprint density at radius 3 is 2.93 bits per heavy atom. The molecule has 1 aliphatic carbocycles. The van der Waals surface area contributed by atoms with Crippen molar-refractivity contribution in [3.05, 3.63) is 22.6 Å². The van der Waals surface area contributed by atoms with Crippen molar-refractivity contribution in [1.82, 2.24) is 0 Å². The van der Waals surface area contributed by atoms with Gasteiger partial charge in [-0.25, -0.2) is 4.79 Å². The van der Waals surface area contributed by atoms with Crippen LogP contribution in [0.5, 0.6) is 0 Å². The molecule has 3 heteroatoms. The van der Waals surface area contributed by atoms with Crippen molar-refractivity contribution in [1.29, 1.82) is 0 Å². The minimum Gasteiger partial charge on any atom is -0.478 e. The molecule has 2 aliphatic rings. The van der Waals surface area contributed by atoms with Gasteiger partial charge in [-0.3, -0.25) is 0 Å². The number of carboxylic acid groups (broad SMARTS) is 1. The van der Waals surface area contributed by atoms with Crippen LogP contribution in [0.1, 0.15) is 26.7 Å². The third-order valence-corrected chi connectivity index (χ3v) is 4.75. The van der Waals surface area contributed by atoms with Gasteiger partial charge in [-0.2, -0.15) is 0 Å². The lowest BCUT2D eigenvalue weighted by Crippen LogP contribution is -2.27. The van der Waals surface area contributed by atoms with Crippen molar-refractivity contribution in [2.45, 2.75) is 26.7 Å². The van der Waals surface area contributed by atoms with Crippen molar-refractivity contribution in [2.24, 2.45) is 11.3 Å². The highest BCUT2D eigenvalue weighted by atomic mass is 32.2. The van der Waals surface area contributed by atoms with E-state index >= 15 is 0 Å². The summed E-state index contributed by atoms with van der Waals surface area (Å²) in [5.74, 6) is 0.819. The van der Waals surface area contributed by atoms with Crippen LogP contribution in [0.3, 0.4) is 0 Å². The van der Waals surface area contributed by atoms with Gasteiger partial charge in [-0.1, -0.05) is 26.0 Å². The molecule has 1 unspecified atom stereocenters. The quantitative estimate of drug-likeness (QED) is 0.743. The van der Waals surface area contributed by atoms with E-state index in [0.717, 1.165) is 12.2 Å². The highest BCUT2D eigenvalue weighted by molar-refractivity contribution is 8.03. The molecule has 1 fully saturated rings. The molecule has 0 aromatic rings. The van der Waals surface area contributed by atoms with Crippen LogP contribution in [0, 0.1) is 11.3 Å². The number of aliphatic carboxylic acids is 1. The van der Waals surface area contributed by atoms with Gasteiger partial charge >= 0.3 is 5.97 Å². The van der Waals surface area contributed by atoms with E-state index < -0.39 is 5.97 Å². The van der Waals surface area contributed by atoms with Crippen LogP contribution in [0.25, 0.3) is 0 Å². The zero-order valence-corrected chi connectivity index (χ0v) is 9.93. The minimum atomic E-state index is -0.765. The first-order valence-corrected chi connectivity index (χ1v) is 6.23. The molecular formula is C12H16O2S. The highest BCUT2D eigenvalue weighted by Gasteiger charge is 2.34. The van der Waals surface area contributed by atoms with Crippen LogP contribution in [-0.2, 0) is 4.79 Å². The number of carbonyl (C=O) groups is 1. The second-order valence-corrected chi connectivity index (χ2v) is 6.17. The summed E-state index contributed by atoms with van der Waals surface area (Å²) in [6, 6.07) is 0. The summed E-state index contributed by atoms with van der Waals surface area (Å²) in [5, 5.41) is 8.95. The minimum absolute atomic E-state index is 0.341. The summed E-state index contributed by atoms with van der Waals surface area (Å²) in [6.45, 7) is 4.52. The van der Waals surface area contributed by atoms with Gasteiger partial charge in [0.25, 0.3) is 0 Å². The first kappa shape index (κ1) is 10.8. The van der Waals surface area contributed by atoms with Crippen LogP contribution in [0.15, 0.2) is 22.6 Å². The van der Waals surface area contributed by atoms with Crippen LogP contribution in [-0.4, -0.2) is 16.8 Å². The fraction of sp³-hybridized carbons (Fsp3) is 0.583. The van der Waals surface area contributed by atoms with E-state index in [0.29, 0.717) is 23.3 Å². The van der Waals surface area contributed by atoms with Crippen LogP contribution in [0.2, 0.25) is 0 Å². The van der Waals surface area contributed by atoms with E-state index in [1.54, 1.807) is 6.08 Å². The Balaban J connectivity index is 2.18. The Kier molecular flexibility index (Phi) is 2.67. The second kappa shape index (κ2) is 3.71. The predicted molar refractivity (Wildman–Crippen MR) is 62.8 cm³/mol. The van der Waals surface area contributed by atoms with Gasteiger partial charge in [0, 0.05) is 11.3 Å². The standard InChI is InChI=1S/C12H16O2S/c1-12(2)6-9-5-8(11(13)14)3-4-10(9)15-7-12/h3-4,9H,5-7H2,1-2H3,(H,13,14). The molecule has 82 valence electrons. The predicted octanol–water partition coefficient (Wildman–Crippen LogP) is 3.06. The van der Waals surface area contributed by atoms with Gasteiger partial charge in [-0.05, 0) is 29.1 Å². The van der Waals surface area contributed by atoms with Crippen LogP contribution < -0.4 is 0 Å². The Bertz CT molecular complexity index is 353. The summed E-state index contributed by atoms with van der Waals surface area (Å²) >= 11 is 1.89. The van der Waals surface area contributed by atoms with Gasteiger partial charge in [0.1, 0.15) is 0 Å². The molecule has 15 heavy (non-hydrogen) atoms. The van der Waals surface area contributed by atoms with E-state index in [4.69, 9.17) is 5.11 Å². The number of hydrogen-bond acceptors (Lipinski definition) is 2. The fourth-order valence-electron chi connectivity index (χ4n) is 2.25. The average molecular weight is 224 g/mol. The summed E-state index contributed by atoms with van der Waals surface area (Å²) < 4.78 is 0. The Hall–Kier alpha value is -0.700. The van der Waals surface area contributed by atoms with Crippen molar-refractivity contribution in [2.75, 3.05) is 5.75 Å². The van der Waals surface area contributed by atoms with E-state index in [1.807, 2.05) is 17.8 Å². The molecule has 1 atom stereocenters. The zero-order valence-electron chi connectivity index (χ0n) is 9.12. The Labute approximate surface area is 94.4 Å². The SMILES string of the molecule is CC1(C)CSC2=CC=C(C(=O)O)CC2C1. The topological polar surface area (TPSA) is 37.3 Å². The molecular weight excluding hydrogens is 208 g/mol. The molecule has 0 radical (unpaired) electrons. The van der Waals surface area contributed by atoms with Gasteiger partial charge in [0.15, 0.2) is 0 Å². The lowest BCUT2D eigenvalue weighted by atomic mass is 9.79. The van der Waals surface area contributed by atoms with Crippen LogP contribution in [0.4, 0.5) is 0 Å². The average Bonchev–Trinajstić information content (AvgIpc) is 2.15. The van der Waals surface area contributed by atoms with Gasteiger partial charge in [0.05, 0.1) is 0 Å². The molecule has 2 nitrogen and oxygen atoms in total. The zero-order chi connectivity index (χ0) is 11.1. The molecule has 1 aliphatic heterocycles. The Morgan fingerprint density at radius 2 is 2.27 bits per heavy atom. The highest BCUT2D eigenvalue weighted by Crippen LogP contribution is 2.47. The molecule has 1 N–H and O–H groups in total. The van der Waals surface area contributed by atoms with E-state index in [-0.39, 0.29) is 0 Å². The molecule has 2 rings (SSSR count). The number of carboxylic acids is 1. The number of fused-ring (bicyclic) bond motifs is 1. The third kappa shape index (κ3) is 2.28. The van der Waals surface area contributed by atoms with E-state index in [9.17, 15) is 4.79 Å². The lowest BCUT2D eigenvalue weighted by Gasteiger charge is -2.37. The largest absolute Gasteiger partial charge is 0.478 e. The van der Waals surface area contributed by atoms with Crippen molar-refractivity contribution in [3.8, 4) is 0 Å². The van der Waals surface area contributed by atoms with Gasteiger partial charge < -0.3 is 5.11 Å². The molecule has 1 saturated heterocycles. The molecule has 0 aromatic carbocycles. The number of hydrogen-bond donors (Lipinski definition) is 1. The van der Waals surface area contributed by atoms with E-state index in [1.165, 1.54) is 4.91 Å². The summed E-state index contributed by atoms with van der Waals surface area (Å²) in [7, 11) is 0. The summed E-state index contributed by atoms with van der Waals surface area (Å²) in [6.07, 6.45) is 5.57. The lowest BCUT2D eigenvalue weighted by molar-refractivity contribution is -0.132. The molecule has 0 bridgehead atoms. The number of rotatable bonds is 1. The normalized spacial score (nSPS) is 28.8. The smallest absolute Gasteiger partial charge is 0.331 e. The number of thioether (sulfide) groups is 1. The molecule has 0 spiro atoms. The van der Waals surface area contributed by atoms with Gasteiger partial charge in [0.2, 0.25) is 0 Å². The van der Waals surface area contributed by atoms with Crippen LogP contribution >= 0.6 is 11.8 Å².